The van der Waals surface area contributed by atoms with Gasteiger partial charge in [0.05, 0.1) is 11.8 Å². The zero-order valence-corrected chi connectivity index (χ0v) is 14.2. The van der Waals surface area contributed by atoms with Crippen LogP contribution in [0, 0.1) is 0 Å². The number of anilines is 1. The van der Waals surface area contributed by atoms with Gasteiger partial charge in [-0.25, -0.2) is 18.1 Å². The molecule has 1 aromatic carbocycles. The van der Waals surface area contributed by atoms with Crippen molar-refractivity contribution in [3.63, 3.8) is 0 Å². The summed E-state index contributed by atoms with van der Waals surface area (Å²) in [5.41, 5.74) is 8.38. The number of aromatic nitrogens is 3. The van der Waals surface area contributed by atoms with Crippen molar-refractivity contribution in [3.8, 4) is 0 Å². The van der Waals surface area contributed by atoms with E-state index in [4.69, 9.17) is 5.73 Å². The van der Waals surface area contributed by atoms with E-state index in [9.17, 15) is 8.42 Å². The van der Waals surface area contributed by atoms with E-state index in [0.717, 1.165) is 28.2 Å². The van der Waals surface area contributed by atoms with Gasteiger partial charge in [0.15, 0.2) is 5.82 Å². The molecule has 0 spiro atoms. The molecule has 0 atom stereocenters. The maximum absolute atomic E-state index is 11.1. The molecule has 9 heteroatoms. The molecule has 0 aliphatic rings. The molecule has 0 radical (unpaired) electrons. The van der Waals surface area contributed by atoms with Crippen LogP contribution >= 0.6 is 12.4 Å². The zero-order chi connectivity index (χ0) is 15.7. The first-order valence-electron chi connectivity index (χ1n) is 6.91. The number of nitrogens with one attached hydrogen (secondary N) is 2. The first kappa shape index (κ1) is 17.5. The Morgan fingerprint density at radius 1 is 1.30 bits per heavy atom. The van der Waals surface area contributed by atoms with Crippen molar-refractivity contribution in [2.45, 2.75) is 12.8 Å². The third kappa shape index (κ3) is 3.72. The Hall–Kier alpha value is -1.90. The Balaban J connectivity index is 0.00000192. The molecule has 2 aromatic heterocycles. The standard InChI is InChI=1S/C14H17N5O2S.ClH/c1-22(20,21)16-8-4-7-11-12-9-5-2-3-6-10(9)17-14(15)13(12)19-18-11;/h2-3,5-6,16H,4,7-8H2,1H3,(H2,15,17)(H,18,19);1H. The number of nitrogen functional groups attached to an aromatic ring is 1. The van der Waals surface area contributed by atoms with E-state index in [2.05, 4.69) is 19.9 Å². The third-order valence-corrected chi connectivity index (χ3v) is 4.19. The quantitative estimate of drug-likeness (QED) is 0.601. The fourth-order valence-electron chi connectivity index (χ4n) is 2.52. The number of H-pyrrole nitrogens is 1. The highest BCUT2D eigenvalue weighted by Gasteiger charge is 2.13. The molecule has 0 bridgehead atoms. The van der Waals surface area contributed by atoms with Crippen LogP contribution in [-0.2, 0) is 16.4 Å². The minimum absolute atomic E-state index is 0. The Labute approximate surface area is 140 Å². The second kappa shape index (κ2) is 6.69. The van der Waals surface area contributed by atoms with Gasteiger partial charge in [-0.3, -0.25) is 5.10 Å². The number of benzene rings is 1. The second-order valence-corrected chi connectivity index (χ2v) is 7.04. The minimum Gasteiger partial charge on any atom is -0.382 e. The highest BCUT2D eigenvalue weighted by Crippen LogP contribution is 2.29. The normalized spacial score (nSPS) is 11.7. The van der Waals surface area contributed by atoms with Crippen LogP contribution in [0.25, 0.3) is 21.8 Å². The summed E-state index contributed by atoms with van der Waals surface area (Å²) in [4.78, 5) is 4.35. The monoisotopic (exact) mass is 355 g/mol. The van der Waals surface area contributed by atoms with Crippen LogP contribution in [0.1, 0.15) is 12.1 Å². The number of sulfonamides is 1. The lowest BCUT2D eigenvalue weighted by atomic mass is 10.1. The number of aromatic amines is 1. The van der Waals surface area contributed by atoms with Crippen LogP contribution in [0.2, 0.25) is 0 Å². The van der Waals surface area contributed by atoms with Crippen molar-refractivity contribution < 1.29 is 8.42 Å². The summed E-state index contributed by atoms with van der Waals surface area (Å²) in [6.45, 7) is 0.387. The molecule has 0 aliphatic carbocycles. The molecule has 0 fully saturated rings. The molecule has 2 heterocycles. The van der Waals surface area contributed by atoms with E-state index in [1.54, 1.807) is 0 Å². The fourth-order valence-corrected chi connectivity index (χ4v) is 3.04. The van der Waals surface area contributed by atoms with Crippen molar-refractivity contribution in [1.29, 1.82) is 0 Å². The molecule has 3 rings (SSSR count). The molecule has 3 aromatic rings. The highest BCUT2D eigenvalue weighted by molar-refractivity contribution is 7.88. The summed E-state index contributed by atoms with van der Waals surface area (Å²) in [5.74, 6) is 0.394. The minimum atomic E-state index is -3.15. The van der Waals surface area contributed by atoms with Crippen LogP contribution in [-0.4, -0.2) is 36.4 Å². The van der Waals surface area contributed by atoms with Gasteiger partial charge in [0.2, 0.25) is 10.0 Å². The van der Waals surface area contributed by atoms with Gasteiger partial charge in [-0.2, -0.15) is 5.10 Å². The van der Waals surface area contributed by atoms with Crippen molar-refractivity contribution in [2.24, 2.45) is 0 Å². The van der Waals surface area contributed by atoms with Crippen molar-refractivity contribution in [2.75, 3.05) is 18.5 Å². The Kier molecular flexibility index (Phi) is 5.08. The lowest BCUT2D eigenvalue weighted by Gasteiger charge is -2.04. The van der Waals surface area contributed by atoms with Gasteiger partial charge < -0.3 is 5.73 Å². The van der Waals surface area contributed by atoms with Crippen LogP contribution < -0.4 is 10.5 Å². The van der Waals surface area contributed by atoms with Crippen molar-refractivity contribution >= 4 is 50.1 Å². The molecule has 124 valence electrons. The van der Waals surface area contributed by atoms with Crippen LogP contribution in [0.3, 0.4) is 0 Å². The number of nitrogens with zero attached hydrogens (tertiary/aromatic N) is 2. The summed E-state index contributed by atoms with van der Waals surface area (Å²) in [6, 6.07) is 7.75. The van der Waals surface area contributed by atoms with Crippen molar-refractivity contribution in [1.82, 2.24) is 19.9 Å². The maximum Gasteiger partial charge on any atom is 0.208 e. The number of rotatable bonds is 5. The van der Waals surface area contributed by atoms with E-state index in [0.29, 0.717) is 30.7 Å². The first-order chi connectivity index (χ1) is 10.5. The van der Waals surface area contributed by atoms with E-state index in [-0.39, 0.29) is 12.4 Å². The average molecular weight is 356 g/mol. The molecule has 0 unspecified atom stereocenters. The summed E-state index contributed by atoms with van der Waals surface area (Å²) in [5, 5.41) is 9.19. The van der Waals surface area contributed by atoms with Gasteiger partial charge in [-0.15, -0.1) is 12.4 Å². The predicted octanol–water partition coefficient (Wildman–Crippen LogP) is 1.60. The van der Waals surface area contributed by atoms with Gasteiger partial charge in [0.1, 0.15) is 5.52 Å². The number of hydrogen-bond donors (Lipinski definition) is 3. The predicted molar refractivity (Wildman–Crippen MR) is 94.2 cm³/mol. The van der Waals surface area contributed by atoms with Gasteiger partial charge in [0, 0.05) is 23.0 Å². The number of hydrogen-bond acceptors (Lipinski definition) is 5. The topological polar surface area (TPSA) is 114 Å². The van der Waals surface area contributed by atoms with Crippen molar-refractivity contribution in [3.05, 3.63) is 30.0 Å². The zero-order valence-electron chi connectivity index (χ0n) is 12.5. The van der Waals surface area contributed by atoms with E-state index in [1.165, 1.54) is 0 Å². The smallest absolute Gasteiger partial charge is 0.208 e. The number of nitrogens with two attached hydrogens (primary N) is 1. The number of aryl methyl sites for hydroxylation is 1. The molecular formula is C14H18ClN5O2S. The number of fused-ring (bicyclic) bond motifs is 3. The molecule has 0 amide bonds. The van der Waals surface area contributed by atoms with Crippen LogP contribution in [0.15, 0.2) is 24.3 Å². The van der Waals surface area contributed by atoms with E-state index >= 15 is 0 Å². The SMILES string of the molecule is CS(=O)(=O)NCCCc1[nH]nc2c(N)nc3ccccc3c12.Cl. The molecule has 23 heavy (non-hydrogen) atoms. The largest absolute Gasteiger partial charge is 0.382 e. The molecule has 0 saturated carbocycles. The number of halogens is 1. The third-order valence-electron chi connectivity index (χ3n) is 3.47. The molecule has 0 aliphatic heterocycles. The summed E-state index contributed by atoms with van der Waals surface area (Å²) >= 11 is 0. The Bertz CT molecular complexity index is 939. The summed E-state index contributed by atoms with van der Waals surface area (Å²) < 4.78 is 24.6. The summed E-state index contributed by atoms with van der Waals surface area (Å²) in [7, 11) is -3.15. The highest BCUT2D eigenvalue weighted by atomic mass is 35.5. The Morgan fingerprint density at radius 3 is 2.78 bits per heavy atom. The van der Waals surface area contributed by atoms with Gasteiger partial charge in [-0.1, -0.05) is 18.2 Å². The maximum atomic E-state index is 11.1. The van der Waals surface area contributed by atoms with E-state index in [1.807, 2.05) is 24.3 Å². The van der Waals surface area contributed by atoms with Crippen LogP contribution in [0.5, 0.6) is 0 Å². The summed E-state index contributed by atoms with van der Waals surface area (Å²) in [6.07, 6.45) is 2.49. The van der Waals surface area contributed by atoms with Gasteiger partial charge in [0.25, 0.3) is 0 Å². The molecular weight excluding hydrogens is 338 g/mol. The molecule has 4 N–H and O–H groups in total. The lowest BCUT2D eigenvalue weighted by Crippen LogP contribution is -2.23. The van der Waals surface area contributed by atoms with Crippen LogP contribution in [0.4, 0.5) is 5.82 Å². The molecule has 7 nitrogen and oxygen atoms in total. The van der Waals surface area contributed by atoms with Gasteiger partial charge >= 0.3 is 0 Å². The van der Waals surface area contributed by atoms with Gasteiger partial charge in [-0.05, 0) is 18.9 Å². The van der Waals surface area contributed by atoms with E-state index < -0.39 is 10.0 Å². The molecule has 0 saturated heterocycles. The number of pyridine rings is 1. The second-order valence-electron chi connectivity index (χ2n) is 5.21. The first-order valence-corrected chi connectivity index (χ1v) is 8.80. The Morgan fingerprint density at radius 2 is 2.04 bits per heavy atom. The number of para-hydroxylation sites is 1. The fraction of sp³-hybridized carbons (Fsp3) is 0.286. The lowest BCUT2D eigenvalue weighted by molar-refractivity contribution is 0.585. The average Bonchev–Trinajstić information content (AvgIpc) is 2.88.